The second kappa shape index (κ2) is 10.1. The highest BCUT2D eigenvalue weighted by Gasteiger charge is 2.11. The fraction of sp³-hybridized carbons (Fsp3) is 0.381. The summed E-state index contributed by atoms with van der Waals surface area (Å²) < 4.78 is 11.3. The second-order valence-corrected chi connectivity index (χ2v) is 6.49. The Hall–Kier alpha value is -2.41. The van der Waals surface area contributed by atoms with Crippen LogP contribution in [0.5, 0.6) is 5.75 Å². The summed E-state index contributed by atoms with van der Waals surface area (Å²) in [6.45, 7) is 5.85. The molecule has 1 saturated heterocycles. The lowest BCUT2D eigenvalue weighted by Gasteiger charge is -2.26. The van der Waals surface area contributed by atoms with Crippen LogP contribution in [0.25, 0.3) is 0 Å². The summed E-state index contributed by atoms with van der Waals surface area (Å²) in [5.41, 5.74) is 8.18. The first-order chi connectivity index (χ1) is 13.3. The van der Waals surface area contributed by atoms with Crippen LogP contribution in [0.1, 0.15) is 21.5 Å². The summed E-state index contributed by atoms with van der Waals surface area (Å²) in [6, 6.07) is 15.1. The van der Waals surface area contributed by atoms with Crippen molar-refractivity contribution in [3.05, 3.63) is 65.2 Å². The number of hydrogen-bond acceptors (Lipinski definition) is 5. The molecule has 1 fully saturated rings. The molecule has 0 aliphatic carbocycles. The van der Waals surface area contributed by atoms with Crippen molar-refractivity contribution < 1.29 is 14.3 Å². The third-order valence-electron chi connectivity index (χ3n) is 4.63. The highest BCUT2D eigenvalue weighted by atomic mass is 16.5. The van der Waals surface area contributed by atoms with E-state index in [-0.39, 0.29) is 5.91 Å². The maximum atomic E-state index is 12.3. The summed E-state index contributed by atoms with van der Waals surface area (Å²) >= 11 is 0. The number of carbonyl (C=O) groups excluding carboxylic acids is 1. The number of nitrogens with two attached hydrogens (primary N) is 1. The Morgan fingerprint density at radius 3 is 2.59 bits per heavy atom. The molecule has 6 heteroatoms. The molecule has 1 heterocycles. The number of hydrogen-bond donors (Lipinski definition) is 2. The summed E-state index contributed by atoms with van der Waals surface area (Å²) in [6.07, 6.45) is 0. The van der Waals surface area contributed by atoms with Crippen LogP contribution in [0.4, 0.5) is 0 Å². The first-order valence-corrected chi connectivity index (χ1v) is 9.34. The number of morpholine rings is 1. The van der Waals surface area contributed by atoms with E-state index in [1.165, 1.54) is 0 Å². The molecule has 3 rings (SSSR count). The smallest absolute Gasteiger partial charge is 0.251 e. The zero-order valence-electron chi connectivity index (χ0n) is 15.5. The summed E-state index contributed by atoms with van der Waals surface area (Å²) in [7, 11) is 0. The van der Waals surface area contributed by atoms with E-state index in [4.69, 9.17) is 15.2 Å². The SMILES string of the molecule is NCc1ccc(C(=O)NCc2ccccc2OCCN2CCOCC2)cc1. The zero-order valence-corrected chi connectivity index (χ0v) is 15.5. The lowest BCUT2D eigenvalue weighted by Crippen LogP contribution is -2.38. The Labute approximate surface area is 160 Å². The molecule has 0 spiro atoms. The predicted molar refractivity (Wildman–Crippen MR) is 105 cm³/mol. The van der Waals surface area contributed by atoms with E-state index < -0.39 is 0 Å². The van der Waals surface area contributed by atoms with Crippen LogP contribution in [0.15, 0.2) is 48.5 Å². The molecule has 144 valence electrons. The minimum Gasteiger partial charge on any atom is -0.492 e. The molecule has 1 aliphatic heterocycles. The van der Waals surface area contributed by atoms with Gasteiger partial charge in [0.15, 0.2) is 0 Å². The average molecular weight is 369 g/mol. The van der Waals surface area contributed by atoms with Gasteiger partial charge in [-0.3, -0.25) is 9.69 Å². The number of benzene rings is 2. The van der Waals surface area contributed by atoms with E-state index in [2.05, 4.69) is 10.2 Å². The third-order valence-corrected chi connectivity index (χ3v) is 4.63. The predicted octanol–water partition coefficient (Wildman–Crippen LogP) is 1.79. The summed E-state index contributed by atoms with van der Waals surface area (Å²) in [5, 5.41) is 2.96. The van der Waals surface area contributed by atoms with E-state index in [9.17, 15) is 4.79 Å². The third kappa shape index (κ3) is 5.79. The van der Waals surface area contributed by atoms with Crippen LogP contribution in [0.3, 0.4) is 0 Å². The molecule has 2 aromatic rings. The van der Waals surface area contributed by atoms with Gasteiger partial charge in [0.25, 0.3) is 5.91 Å². The standard InChI is InChI=1S/C21H27N3O3/c22-15-17-5-7-18(8-6-17)21(25)23-16-19-3-1-2-4-20(19)27-14-11-24-9-12-26-13-10-24/h1-8H,9-16,22H2,(H,23,25). The lowest BCUT2D eigenvalue weighted by molar-refractivity contribution is 0.0322. The molecular weight excluding hydrogens is 342 g/mol. The van der Waals surface area contributed by atoms with Gasteiger partial charge in [-0.05, 0) is 23.8 Å². The van der Waals surface area contributed by atoms with Gasteiger partial charge in [0, 0.05) is 43.9 Å². The van der Waals surface area contributed by atoms with Gasteiger partial charge < -0.3 is 20.5 Å². The molecule has 6 nitrogen and oxygen atoms in total. The van der Waals surface area contributed by atoms with Crippen molar-refractivity contribution in [3.63, 3.8) is 0 Å². The summed E-state index contributed by atoms with van der Waals surface area (Å²) in [5.74, 6) is 0.700. The van der Waals surface area contributed by atoms with Gasteiger partial charge in [-0.2, -0.15) is 0 Å². The summed E-state index contributed by atoms with van der Waals surface area (Å²) in [4.78, 5) is 14.7. The average Bonchev–Trinajstić information content (AvgIpc) is 2.73. The molecule has 0 saturated carbocycles. The van der Waals surface area contributed by atoms with Gasteiger partial charge in [-0.1, -0.05) is 30.3 Å². The highest BCUT2D eigenvalue weighted by Crippen LogP contribution is 2.18. The molecule has 0 unspecified atom stereocenters. The topological polar surface area (TPSA) is 76.8 Å². The van der Waals surface area contributed by atoms with Crippen molar-refractivity contribution in [2.24, 2.45) is 5.73 Å². The van der Waals surface area contributed by atoms with Crippen molar-refractivity contribution >= 4 is 5.91 Å². The first-order valence-electron chi connectivity index (χ1n) is 9.34. The Kier molecular flexibility index (Phi) is 7.21. The molecule has 1 amide bonds. The maximum absolute atomic E-state index is 12.3. The van der Waals surface area contributed by atoms with Gasteiger partial charge in [0.2, 0.25) is 0 Å². The normalized spacial score (nSPS) is 14.7. The largest absolute Gasteiger partial charge is 0.492 e. The van der Waals surface area contributed by atoms with Crippen molar-refractivity contribution in [2.45, 2.75) is 13.1 Å². The maximum Gasteiger partial charge on any atom is 0.251 e. The number of para-hydroxylation sites is 1. The van der Waals surface area contributed by atoms with E-state index in [0.29, 0.717) is 25.3 Å². The zero-order chi connectivity index (χ0) is 18.9. The van der Waals surface area contributed by atoms with E-state index in [1.54, 1.807) is 12.1 Å². The van der Waals surface area contributed by atoms with E-state index >= 15 is 0 Å². The van der Waals surface area contributed by atoms with Crippen LogP contribution in [-0.2, 0) is 17.8 Å². The van der Waals surface area contributed by atoms with Gasteiger partial charge in [0.1, 0.15) is 12.4 Å². The molecule has 0 aromatic heterocycles. The Morgan fingerprint density at radius 2 is 1.85 bits per heavy atom. The minimum absolute atomic E-state index is 0.110. The number of nitrogens with one attached hydrogen (secondary N) is 1. The highest BCUT2D eigenvalue weighted by molar-refractivity contribution is 5.94. The van der Waals surface area contributed by atoms with E-state index in [1.807, 2.05) is 36.4 Å². The number of rotatable bonds is 8. The molecule has 27 heavy (non-hydrogen) atoms. The quantitative estimate of drug-likeness (QED) is 0.742. The number of amides is 1. The Morgan fingerprint density at radius 1 is 1.11 bits per heavy atom. The van der Waals surface area contributed by atoms with E-state index in [0.717, 1.165) is 49.7 Å². The van der Waals surface area contributed by atoms with Crippen molar-refractivity contribution in [1.29, 1.82) is 0 Å². The molecule has 0 atom stereocenters. The lowest BCUT2D eigenvalue weighted by atomic mass is 10.1. The first kappa shape index (κ1) is 19.4. The second-order valence-electron chi connectivity index (χ2n) is 6.49. The minimum atomic E-state index is -0.110. The fourth-order valence-corrected chi connectivity index (χ4v) is 2.97. The van der Waals surface area contributed by atoms with Crippen LogP contribution >= 0.6 is 0 Å². The Bertz CT molecular complexity index is 728. The fourth-order valence-electron chi connectivity index (χ4n) is 2.97. The Balaban J connectivity index is 1.51. The van der Waals surface area contributed by atoms with Gasteiger partial charge in [-0.25, -0.2) is 0 Å². The van der Waals surface area contributed by atoms with Crippen molar-refractivity contribution in [3.8, 4) is 5.75 Å². The molecule has 2 aromatic carbocycles. The number of ether oxygens (including phenoxy) is 2. The van der Waals surface area contributed by atoms with Crippen molar-refractivity contribution in [1.82, 2.24) is 10.2 Å². The molecule has 1 aliphatic rings. The number of nitrogens with zero attached hydrogens (tertiary/aromatic N) is 1. The molecular formula is C21H27N3O3. The van der Waals surface area contributed by atoms with Gasteiger partial charge in [-0.15, -0.1) is 0 Å². The van der Waals surface area contributed by atoms with Crippen LogP contribution in [0, 0.1) is 0 Å². The van der Waals surface area contributed by atoms with Crippen molar-refractivity contribution in [2.75, 3.05) is 39.5 Å². The molecule has 3 N–H and O–H groups in total. The monoisotopic (exact) mass is 369 g/mol. The van der Waals surface area contributed by atoms with Gasteiger partial charge >= 0.3 is 0 Å². The van der Waals surface area contributed by atoms with Crippen LogP contribution in [-0.4, -0.2) is 50.3 Å². The van der Waals surface area contributed by atoms with Crippen LogP contribution < -0.4 is 15.8 Å². The van der Waals surface area contributed by atoms with Crippen LogP contribution in [0.2, 0.25) is 0 Å². The molecule has 0 bridgehead atoms. The van der Waals surface area contributed by atoms with Gasteiger partial charge in [0.05, 0.1) is 13.2 Å². The number of carbonyl (C=O) groups is 1. The molecule has 0 radical (unpaired) electrons.